The van der Waals surface area contributed by atoms with Crippen LogP contribution in [-0.4, -0.2) is 23.2 Å². The van der Waals surface area contributed by atoms with Crippen LogP contribution in [0.2, 0.25) is 5.02 Å². The second-order valence-electron chi connectivity index (χ2n) is 6.33. The summed E-state index contributed by atoms with van der Waals surface area (Å²) in [6, 6.07) is 17.1. The van der Waals surface area contributed by atoms with Crippen molar-refractivity contribution in [1.29, 1.82) is 0 Å². The minimum Gasteiger partial charge on any atom is -0.496 e. The average Bonchev–Trinajstić information content (AvgIpc) is 3.33. The lowest BCUT2D eigenvalue weighted by atomic mass is 10.1. The van der Waals surface area contributed by atoms with Crippen LogP contribution in [-0.2, 0) is 4.79 Å². The smallest absolute Gasteiger partial charge is 0.229 e. The number of para-hydroxylation sites is 1. The van der Waals surface area contributed by atoms with Crippen LogP contribution in [0.4, 0.5) is 5.82 Å². The minimum atomic E-state index is -0.0682. The molecule has 0 radical (unpaired) electrons. The number of carbonyl (C=O) groups excluding carboxylic acids is 1. The van der Waals surface area contributed by atoms with Gasteiger partial charge in [0.2, 0.25) is 5.91 Å². The Hall–Kier alpha value is -2.79. The Labute approximate surface area is 156 Å². The Kier molecular flexibility index (Phi) is 4.39. The summed E-state index contributed by atoms with van der Waals surface area (Å²) in [5.41, 5.74) is 2.71. The normalized spacial score (nSPS) is 18.4. The zero-order valence-corrected chi connectivity index (χ0v) is 15.0. The number of benzene rings is 2. The highest BCUT2D eigenvalue weighted by Crippen LogP contribution is 2.50. The van der Waals surface area contributed by atoms with Gasteiger partial charge >= 0.3 is 0 Å². The molecule has 4 rings (SSSR count). The molecule has 26 heavy (non-hydrogen) atoms. The molecule has 1 amide bonds. The van der Waals surface area contributed by atoms with Gasteiger partial charge in [-0.25, -0.2) is 0 Å². The highest BCUT2D eigenvalue weighted by Gasteiger charge is 2.44. The molecule has 0 bridgehead atoms. The first-order chi connectivity index (χ1) is 12.7. The molecule has 1 heterocycles. The summed E-state index contributed by atoms with van der Waals surface area (Å²) >= 11 is 6.23. The first-order valence-electron chi connectivity index (χ1n) is 8.41. The third-order valence-electron chi connectivity index (χ3n) is 4.66. The van der Waals surface area contributed by atoms with Crippen LogP contribution in [0.15, 0.2) is 54.6 Å². The molecule has 2 N–H and O–H groups in total. The Morgan fingerprint density at radius 2 is 2.00 bits per heavy atom. The summed E-state index contributed by atoms with van der Waals surface area (Å²) in [5.74, 6) is 1.32. The van der Waals surface area contributed by atoms with Crippen molar-refractivity contribution in [2.45, 2.75) is 12.3 Å². The van der Waals surface area contributed by atoms with Gasteiger partial charge in [0.05, 0.1) is 12.8 Å². The zero-order chi connectivity index (χ0) is 18.1. The molecule has 2 atom stereocenters. The van der Waals surface area contributed by atoms with Gasteiger partial charge in [0.15, 0.2) is 5.82 Å². The molecule has 1 saturated carbocycles. The van der Waals surface area contributed by atoms with Crippen molar-refractivity contribution >= 4 is 23.3 Å². The van der Waals surface area contributed by atoms with E-state index in [4.69, 9.17) is 16.3 Å². The molecule has 1 aliphatic rings. The van der Waals surface area contributed by atoms with E-state index in [1.54, 1.807) is 7.11 Å². The molecule has 0 spiro atoms. The zero-order valence-electron chi connectivity index (χ0n) is 14.2. The Morgan fingerprint density at radius 1 is 1.23 bits per heavy atom. The largest absolute Gasteiger partial charge is 0.496 e. The highest BCUT2D eigenvalue weighted by atomic mass is 35.5. The number of anilines is 1. The summed E-state index contributed by atoms with van der Waals surface area (Å²) in [6.07, 6.45) is 0.805. The molecule has 132 valence electrons. The van der Waals surface area contributed by atoms with Crippen molar-refractivity contribution in [1.82, 2.24) is 10.2 Å². The van der Waals surface area contributed by atoms with Gasteiger partial charge in [-0.15, -0.1) is 0 Å². The topological polar surface area (TPSA) is 67.0 Å². The number of carbonyl (C=O) groups is 1. The average molecular weight is 368 g/mol. The van der Waals surface area contributed by atoms with Gasteiger partial charge in [0.1, 0.15) is 5.75 Å². The molecular formula is C20H18ClN3O2. The molecule has 1 aromatic heterocycles. The monoisotopic (exact) mass is 367 g/mol. The maximum absolute atomic E-state index is 12.5. The van der Waals surface area contributed by atoms with E-state index in [2.05, 4.69) is 15.5 Å². The standard InChI is InChI=1S/C20H18ClN3O2/c1-26-18-9-5-3-7-13(18)17-11-19(24-23-17)22-20(25)15-10-14(15)12-6-2-4-8-16(12)21/h2-9,11,14-15H,10H2,1H3,(H2,22,23,24,25). The van der Waals surface area contributed by atoms with Gasteiger partial charge in [-0.1, -0.05) is 41.9 Å². The number of hydrogen-bond donors (Lipinski definition) is 2. The van der Waals surface area contributed by atoms with Gasteiger partial charge in [-0.2, -0.15) is 5.10 Å². The third kappa shape index (κ3) is 3.18. The van der Waals surface area contributed by atoms with Gasteiger partial charge in [-0.3, -0.25) is 9.89 Å². The lowest BCUT2D eigenvalue weighted by molar-refractivity contribution is -0.117. The van der Waals surface area contributed by atoms with Crippen LogP contribution in [0.1, 0.15) is 17.9 Å². The van der Waals surface area contributed by atoms with Gasteiger partial charge < -0.3 is 10.1 Å². The number of halogens is 1. The van der Waals surface area contributed by atoms with E-state index in [9.17, 15) is 4.79 Å². The van der Waals surface area contributed by atoms with E-state index in [1.807, 2.05) is 54.6 Å². The molecule has 0 aliphatic heterocycles. The lowest BCUT2D eigenvalue weighted by Gasteiger charge is -2.05. The summed E-state index contributed by atoms with van der Waals surface area (Å²) < 4.78 is 5.36. The van der Waals surface area contributed by atoms with E-state index in [1.165, 1.54) is 0 Å². The maximum atomic E-state index is 12.5. The number of aromatic nitrogens is 2. The van der Waals surface area contributed by atoms with Crippen LogP contribution in [0.3, 0.4) is 0 Å². The SMILES string of the molecule is COc1ccccc1-c1cc(NC(=O)C2CC2c2ccccc2Cl)n[nH]1. The first kappa shape index (κ1) is 16.7. The van der Waals surface area contributed by atoms with Crippen LogP contribution in [0.5, 0.6) is 5.75 Å². The molecule has 0 saturated heterocycles. The minimum absolute atomic E-state index is 0.0343. The molecule has 1 fully saturated rings. The number of nitrogens with one attached hydrogen (secondary N) is 2. The number of H-pyrrole nitrogens is 1. The Bertz CT molecular complexity index is 953. The summed E-state index contributed by atoms with van der Waals surface area (Å²) in [7, 11) is 1.62. The van der Waals surface area contributed by atoms with Gasteiger partial charge in [0.25, 0.3) is 0 Å². The highest BCUT2D eigenvalue weighted by molar-refractivity contribution is 6.31. The van der Waals surface area contributed by atoms with Crippen LogP contribution >= 0.6 is 11.6 Å². The van der Waals surface area contributed by atoms with Crippen molar-refractivity contribution < 1.29 is 9.53 Å². The van der Waals surface area contributed by atoms with Gasteiger partial charge in [0, 0.05) is 22.6 Å². The lowest BCUT2D eigenvalue weighted by Crippen LogP contribution is -2.14. The number of ether oxygens (including phenoxy) is 1. The number of hydrogen-bond acceptors (Lipinski definition) is 3. The molecule has 2 aromatic carbocycles. The van der Waals surface area contributed by atoms with E-state index in [-0.39, 0.29) is 17.7 Å². The first-order valence-corrected chi connectivity index (χ1v) is 8.79. The van der Waals surface area contributed by atoms with Gasteiger partial charge in [-0.05, 0) is 36.1 Å². The number of nitrogens with zero attached hydrogens (tertiary/aromatic N) is 1. The number of methoxy groups -OCH3 is 1. The molecule has 3 aromatic rings. The number of amides is 1. The van der Waals surface area contributed by atoms with Crippen molar-refractivity contribution in [3.05, 3.63) is 65.2 Å². The van der Waals surface area contributed by atoms with Crippen molar-refractivity contribution in [2.75, 3.05) is 12.4 Å². The third-order valence-corrected chi connectivity index (χ3v) is 5.00. The molecule has 2 unspecified atom stereocenters. The fourth-order valence-corrected chi connectivity index (χ4v) is 3.49. The number of aromatic amines is 1. The van der Waals surface area contributed by atoms with Crippen molar-refractivity contribution in [3.8, 4) is 17.0 Å². The Morgan fingerprint density at radius 3 is 2.81 bits per heavy atom. The molecule has 5 nitrogen and oxygen atoms in total. The van der Waals surface area contributed by atoms with Crippen molar-refractivity contribution in [2.24, 2.45) is 5.92 Å². The Balaban J connectivity index is 1.45. The van der Waals surface area contributed by atoms with Crippen LogP contribution < -0.4 is 10.1 Å². The number of rotatable bonds is 5. The summed E-state index contributed by atoms with van der Waals surface area (Å²) in [4.78, 5) is 12.5. The second kappa shape index (κ2) is 6.84. The summed E-state index contributed by atoms with van der Waals surface area (Å²) in [5, 5.41) is 10.7. The van der Waals surface area contributed by atoms with Crippen LogP contribution in [0, 0.1) is 5.92 Å². The van der Waals surface area contributed by atoms with Crippen molar-refractivity contribution in [3.63, 3.8) is 0 Å². The molecular weight excluding hydrogens is 350 g/mol. The predicted octanol–water partition coefficient (Wildman–Crippen LogP) is 4.48. The van der Waals surface area contributed by atoms with E-state index in [0.29, 0.717) is 10.8 Å². The van der Waals surface area contributed by atoms with E-state index in [0.717, 1.165) is 29.0 Å². The molecule has 6 heteroatoms. The van der Waals surface area contributed by atoms with E-state index < -0.39 is 0 Å². The summed E-state index contributed by atoms with van der Waals surface area (Å²) in [6.45, 7) is 0. The fraction of sp³-hybridized carbons (Fsp3) is 0.200. The molecule has 1 aliphatic carbocycles. The second-order valence-corrected chi connectivity index (χ2v) is 6.73. The quantitative estimate of drug-likeness (QED) is 0.698. The van der Waals surface area contributed by atoms with Crippen LogP contribution in [0.25, 0.3) is 11.3 Å². The maximum Gasteiger partial charge on any atom is 0.229 e. The predicted molar refractivity (Wildman–Crippen MR) is 102 cm³/mol. The van der Waals surface area contributed by atoms with E-state index >= 15 is 0 Å². The fourth-order valence-electron chi connectivity index (χ4n) is 3.21.